The van der Waals surface area contributed by atoms with E-state index in [0.29, 0.717) is 19.3 Å². The molecule has 3 N–H and O–H groups in total. The van der Waals surface area contributed by atoms with Gasteiger partial charge >= 0.3 is 12.1 Å². The Morgan fingerprint density at radius 3 is 2.17 bits per heavy atom. The first-order valence-electron chi connectivity index (χ1n) is 12.5. The number of hydrogen-bond donors (Lipinski definition) is 3. The van der Waals surface area contributed by atoms with Crippen molar-refractivity contribution in [2.75, 3.05) is 13.2 Å². The molecule has 1 saturated carbocycles. The van der Waals surface area contributed by atoms with Crippen LogP contribution in [0.15, 0.2) is 48.5 Å². The van der Waals surface area contributed by atoms with Gasteiger partial charge in [0.05, 0.1) is 5.41 Å². The highest BCUT2D eigenvalue weighted by atomic mass is 16.5. The third kappa shape index (κ3) is 5.50. The normalized spacial score (nSPS) is 17.1. The van der Waals surface area contributed by atoms with Crippen molar-refractivity contribution in [1.82, 2.24) is 10.6 Å². The van der Waals surface area contributed by atoms with Crippen LogP contribution in [0.2, 0.25) is 0 Å². The van der Waals surface area contributed by atoms with Crippen molar-refractivity contribution in [3.63, 3.8) is 0 Å². The first kappa shape index (κ1) is 24.8. The molecule has 2 aromatic rings. The summed E-state index contributed by atoms with van der Waals surface area (Å²) in [6.45, 7) is 2.23. The molecule has 7 heteroatoms. The van der Waals surface area contributed by atoms with E-state index in [0.717, 1.165) is 41.5 Å². The quantitative estimate of drug-likeness (QED) is 0.478. The SMILES string of the molecule is CCC(CC(=O)NCC1(C(=O)O)CCCCC1)NC(=O)OCC1c2ccccc2-c2ccccc21. The lowest BCUT2D eigenvalue weighted by Gasteiger charge is -2.33. The maximum Gasteiger partial charge on any atom is 0.407 e. The van der Waals surface area contributed by atoms with Gasteiger partial charge in [0.25, 0.3) is 0 Å². The highest BCUT2D eigenvalue weighted by Gasteiger charge is 2.40. The number of carbonyl (C=O) groups excluding carboxylic acids is 2. The number of carboxylic acids is 1. The van der Waals surface area contributed by atoms with Crippen LogP contribution >= 0.6 is 0 Å². The van der Waals surface area contributed by atoms with E-state index in [2.05, 4.69) is 34.9 Å². The molecule has 35 heavy (non-hydrogen) atoms. The van der Waals surface area contributed by atoms with Crippen LogP contribution in [0.4, 0.5) is 4.79 Å². The number of fused-ring (bicyclic) bond motifs is 3. The molecule has 2 amide bonds. The molecule has 2 aliphatic rings. The summed E-state index contributed by atoms with van der Waals surface area (Å²) >= 11 is 0. The van der Waals surface area contributed by atoms with Crippen molar-refractivity contribution >= 4 is 18.0 Å². The van der Waals surface area contributed by atoms with Crippen LogP contribution in [0.5, 0.6) is 0 Å². The van der Waals surface area contributed by atoms with Crippen LogP contribution in [0, 0.1) is 5.41 Å². The second-order valence-electron chi connectivity index (χ2n) is 9.70. The molecule has 1 unspecified atom stereocenters. The van der Waals surface area contributed by atoms with Crippen molar-refractivity contribution in [2.24, 2.45) is 5.41 Å². The highest BCUT2D eigenvalue weighted by molar-refractivity contribution is 5.81. The first-order chi connectivity index (χ1) is 16.9. The fraction of sp³-hybridized carbons (Fsp3) is 0.464. The summed E-state index contributed by atoms with van der Waals surface area (Å²) in [5.41, 5.74) is 3.73. The number of ether oxygens (including phenoxy) is 1. The van der Waals surface area contributed by atoms with Crippen LogP contribution in [-0.4, -0.2) is 42.3 Å². The van der Waals surface area contributed by atoms with Gasteiger partial charge in [0.1, 0.15) is 6.61 Å². The largest absolute Gasteiger partial charge is 0.481 e. The van der Waals surface area contributed by atoms with Crippen LogP contribution in [0.3, 0.4) is 0 Å². The van der Waals surface area contributed by atoms with Gasteiger partial charge in [-0.05, 0) is 41.5 Å². The number of benzene rings is 2. The number of amides is 2. The molecular weight excluding hydrogens is 444 g/mol. The molecule has 0 saturated heterocycles. The van der Waals surface area contributed by atoms with Crippen molar-refractivity contribution in [2.45, 2.75) is 63.8 Å². The number of aliphatic carboxylic acids is 1. The van der Waals surface area contributed by atoms with E-state index < -0.39 is 23.5 Å². The maximum absolute atomic E-state index is 12.6. The summed E-state index contributed by atoms with van der Waals surface area (Å²) in [6.07, 6.45) is 4.01. The van der Waals surface area contributed by atoms with Crippen LogP contribution < -0.4 is 10.6 Å². The molecule has 0 bridgehead atoms. The number of rotatable bonds is 9. The zero-order chi connectivity index (χ0) is 24.8. The van der Waals surface area contributed by atoms with E-state index in [4.69, 9.17) is 4.74 Å². The average molecular weight is 479 g/mol. The Balaban J connectivity index is 1.29. The van der Waals surface area contributed by atoms with E-state index in [1.165, 1.54) is 0 Å². The Labute approximate surface area is 206 Å². The van der Waals surface area contributed by atoms with Crippen LogP contribution in [0.1, 0.15) is 68.9 Å². The molecular formula is C28H34N2O5. The first-order valence-corrected chi connectivity index (χ1v) is 12.5. The lowest BCUT2D eigenvalue weighted by Crippen LogP contribution is -2.46. The van der Waals surface area contributed by atoms with Crippen molar-refractivity contribution < 1.29 is 24.2 Å². The smallest absolute Gasteiger partial charge is 0.407 e. The third-order valence-corrected chi connectivity index (χ3v) is 7.48. The van der Waals surface area contributed by atoms with Gasteiger partial charge in [0, 0.05) is 24.9 Å². The van der Waals surface area contributed by atoms with Gasteiger partial charge in [-0.2, -0.15) is 0 Å². The molecule has 0 aliphatic heterocycles. The van der Waals surface area contributed by atoms with Crippen LogP contribution in [0.25, 0.3) is 11.1 Å². The van der Waals surface area contributed by atoms with Gasteiger partial charge in [-0.1, -0.05) is 74.7 Å². The predicted octanol–water partition coefficient (Wildman–Crippen LogP) is 4.85. The maximum atomic E-state index is 12.6. The topological polar surface area (TPSA) is 105 Å². The van der Waals surface area contributed by atoms with E-state index in [1.807, 2.05) is 31.2 Å². The second kappa shape index (κ2) is 10.9. The molecule has 0 aromatic heterocycles. The van der Waals surface area contributed by atoms with Crippen LogP contribution in [-0.2, 0) is 14.3 Å². The Morgan fingerprint density at radius 1 is 1.00 bits per heavy atom. The van der Waals surface area contributed by atoms with E-state index in [-0.39, 0.29) is 31.4 Å². The van der Waals surface area contributed by atoms with Crippen molar-refractivity contribution in [3.8, 4) is 11.1 Å². The van der Waals surface area contributed by atoms with Gasteiger partial charge in [-0.25, -0.2) is 4.79 Å². The van der Waals surface area contributed by atoms with E-state index in [1.54, 1.807) is 0 Å². The summed E-state index contributed by atoms with van der Waals surface area (Å²) in [5.74, 6) is -1.14. The van der Waals surface area contributed by atoms with Gasteiger partial charge in [-0.15, -0.1) is 0 Å². The van der Waals surface area contributed by atoms with Gasteiger partial charge in [-0.3, -0.25) is 9.59 Å². The molecule has 1 atom stereocenters. The molecule has 0 spiro atoms. The zero-order valence-corrected chi connectivity index (χ0v) is 20.2. The standard InChI is InChI=1S/C28H34N2O5/c1-2-19(16-25(31)29-18-28(26(32)33)14-8-3-9-15-28)30-27(34)35-17-24-22-12-6-4-10-20(22)21-11-5-7-13-23(21)24/h4-7,10-13,19,24H,2-3,8-9,14-18H2,1H3,(H,29,31)(H,30,34)(H,32,33). The Hall–Kier alpha value is -3.35. The summed E-state index contributed by atoms with van der Waals surface area (Å²) in [6, 6.07) is 15.9. The van der Waals surface area contributed by atoms with Gasteiger partial charge in [0.15, 0.2) is 0 Å². The van der Waals surface area contributed by atoms with Crippen molar-refractivity contribution in [1.29, 1.82) is 0 Å². The Kier molecular flexibility index (Phi) is 7.73. The molecule has 1 fully saturated rings. The number of hydrogen-bond acceptors (Lipinski definition) is 4. The summed E-state index contributed by atoms with van der Waals surface area (Å²) in [7, 11) is 0. The zero-order valence-electron chi connectivity index (χ0n) is 20.2. The molecule has 2 aliphatic carbocycles. The molecule has 7 nitrogen and oxygen atoms in total. The monoisotopic (exact) mass is 478 g/mol. The number of nitrogens with one attached hydrogen (secondary N) is 2. The highest BCUT2D eigenvalue weighted by Crippen LogP contribution is 2.44. The second-order valence-corrected chi connectivity index (χ2v) is 9.70. The third-order valence-electron chi connectivity index (χ3n) is 7.48. The molecule has 2 aromatic carbocycles. The fourth-order valence-corrected chi connectivity index (χ4v) is 5.36. The lowest BCUT2D eigenvalue weighted by molar-refractivity contribution is -0.151. The Morgan fingerprint density at radius 2 is 1.60 bits per heavy atom. The average Bonchev–Trinajstić information content (AvgIpc) is 3.20. The number of carbonyl (C=O) groups is 3. The van der Waals surface area contributed by atoms with Gasteiger partial charge in [0.2, 0.25) is 5.91 Å². The fourth-order valence-electron chi connectivity index (χ4n) is 5.36. The number of alkyl carbamates (subject to hydrolysis) is 1. The summed E-state index contributed by atoms with van der Waals surface area (Å²) in [4.78, 5) is 36.9. The minimum absolute atomic E-state index is 0.0285. The summed E-state index contributed by atoms with van der Waals surface area (Å²) < 4.78 is 5.60. The Bertz CT molecular complexity index is 1030. The molecule has 0 heterocycles. The molecule has 0 radical (unpaired) electrons. The minimum atomic E-state index is -0.879. The number of carboxylic acid groups (broad SMARTS) is 1. The molecule has 4 rings (SSSR count). The predicted molar refractivity (Wildman–Crippen MR) is 133 cm³/mol. The van der Waals surface area contributed by atoms with Gasteiger partial charge < -0.3 is 20.5 Å². The minimum Gasteiger partial charge on any atom is -0.481 e. The van der Waals surface area contributed by atoms with E-state index >= 15 is 0 Å². The molecule has 186 valence electrons. The van der Waals surface area contributed by atoms with Crippen molar-refractivity contribution in [3.05, 3.63) is 59.7 Å². The summed E-state index contributed by atoms with van der Waals surface area (Å²) in [5, 5.41) is 15.3. The van der Waals surface area contributed by atoms with E-state index in [9.17, 15) is 19.5 Å². The lowest BCUT2D eigenvalue weighted by atomic mass is 9.74.